The highest BCUT2D eigenvalue weighted by molar-refractivity contribution is 5.56. The first-order chi connectivity index (χ1) is 9.92. The van der Waals surface area contributed by atoms with E-state index in [4.69, 9.17) is 15.2 Å². The molecule has 1 aromatic carbocycles. The van der Waals surface area contributed by atoms with Gasteiger partial charge in [-0.05, 0) is 30.6 Å². The van der Waals surface area contributed by atoms with Crippen LogP contribution in [0.1, 0.15) is 40.0 Å². The lowest BCUT2D eigenvalue weighted by Crippen LogP contribution is -2.36. The van der Waals surface area contributed by atoms with Gasteiger partial charge in [0.05, 0.1) is 12.8 Å². The Morgan fingerprint density at radius 1 is 1.24 bits per heavy atom. The van der Waals surface area contributed by atoms with Gasteiger partial charge in [0.25, 0.3) is 0 Å². The van der Waals surface area contributed by atoms with Crippen molar-refractivity contribution >= 4 is 5.69 Å². The summed E-state index contributed by atoms with van der Waals surface area (Å²) in [6.07, 6.45) is 3.56. The van der Waals surface area contributed by atoms with Crippen molar-refractivity contribution < 1.29 is 13.9 Å². The molecule has 2 rings (SSSR count). The average molecular weight is 295 g/mol. The average Bonchev–Trinajstić information content (AvgIpc) is 2.41. The Morgan fingerprint density at radius 2 is 1.95 bits per heavy atom. The third-order valence-electron chi connectivity index (χ3n) is 4.52. The third kappa shape index (κ3) is 3.60. The highest BCUT2D eigenvalue weighted by Gasteiger charge is 2.32. The molecule has 1 aliphatic carbocycles. The van der Waals surface area contributed by atoms with E-state index < -0.39 is 5.82 Å². The van der Waals surface area contributed by atoms with Crippen molar-refractivity contribution in [3.8, 4) is 11.5 Å². The van der Waals surface area contributed by atoms with Gasteiger partial charge in [-0.1, -0.05) is 27.2 Å². The molecule has 3 atom stereocenters. The zero-order chi connectivity index (χ0) is 15.6. The van der Waals surface area contributed by atoms with Gasteiger partial charge in [0.15, 0.2) is 11.6 Å². The fraction of sp³-hybridized carbons (Fsp3) is 0.647. The Bertz CT molecular complexity index is 490. The van der Waals surface area contributed by atoms with E-state index >= 15 is 0 Å². The minimum absolute atomic E-state index is 0.131. The van der Waals surface area contributed by atoms with Gasteiger partial charge in [-0.2, -0.15) is 0 Å². The van der Waals surface area contributed by atoms with Gasteiger partial charge in [0.1, 0.15) is 11.9 Å². The molecule has 0 radical (unpaired) electrons. The molecule has 0 heterocycles. The van der Waals surface area contributed by atoms with Crippen molar-refractivity contribution in [2.45, 2.75) is 46.1 Å². The lowest BCUT2D eigenvalue weighted by atomic mass is 9.75. The van der Waals surface area contributed by atoms with Crippen LogP contribution in [0.15, 0.2) is 12.1 Å². The first-order valence-corrected chi connectivity index (χ1v) is 7.72. The Kier molecular flexibility index (Phi) is 4.96. The summed E-state index contributed by atoms with van der Waals surface area (Å²) in [6.45, 7) is 6.71. The molecule has 3 nitrogen and oxygen atoms in total. The summed E-state index contributed by atoms with van der Waals surface area (Å²) < 4.78 is 24.8. The third-order valence-corrected chi connectivity index (χ3v) is 4.52. The second-order valence-corrected chi connectivity index (χ2v) is 6.51. The standard InChI is InChI=1S/C17H26FNO2/c1-10(2)12-6-5-11(3)7-15(12)21-17-9-16(20-4)13(18)8-14(17)19/h8-12,15H,5-7,19H2,1-4H3. The maximum atomic E-state index is 13.6. The smallest absolute Gasteiger partial charge is 0.167 e. The summed E-state index contributed by atoms with van der Waals surface area (Å²) in [6, 6.07) is 2.83. The Balaban J connectivity index is 2.22. The topological polar surface area (TPSA) is 44.5 Å². The van der Waals surface area contributed by atoms with E-state index in [0.717, 1.165) is 6.42 Å². The van der Waals surface area contributed by atoms with E-state index in [2.05, 4.69) is 20.8 Å². The lowest BCUT2D eigenvalue weighted by Gasteiger charge is -2.37. The van der Waals surface area contributed by atoms with E-state index in [9.17, 15) is 4.39 Å². The van der Waals surface area contributed by atoms with Gasteiger partial charge < -0.3 is 15.2 Å². The highest BCUT2D eigenvalue weighted by atomic mass is 19.1. The highest BCUT2D eigenvalue weighted by Crippen LogP contribution is 2.38. The quantitative estimate of drug-likeness (QED) is 0.844. The van der Waals surface area contributed by atoms with Crippen LogP contribution in [0.3, 0.4) is 0 Å². The first kappa shape index (κ1) is 15.9. The molecule has 0 saturated heterocycles. The molecule has 1 fully saturated rings. The van der Waals surface area contributed by atoms with Crippen LogP contribution >= 0.6 is 0 Å². The van der Waals surface area contributed by atoms with Crippen LogP contribution in [0.25, 0.3) is 0 Å². The van der Waals surface area contributed by atoms with Gasteiger partial charge in [0, 0.05) is 12.1 Å². The van der Waals surface area contributed by atoms with Gasteiger partial charge in [-0.25, -0.2) is 4.39 Å². The molecule has 0 aromatic heterocycles. The number of rotatable bonds is 4. The molecule has 1 aromatic rings. The molecule has 118 valence electrons. The molecule has 0 aliphatic heterocycles. The molecule has 2 N–H and O–H groups in total. The lowest BCUT2D eigenvalue weighted by molar-refractivity contribution is 0.0463. The van der Waals surface area contributed by atoms with Crippen LogP contribution in [0, 0.1) is 23.6 Å². The van der Waals surface area contributed by atoms with E-state index in [1.165, 1.54) is 26.0 Å². The monoisotopic (exact) mass is 295 g/mol. The predicted molar refractivity (Wildman–Crippen MR) is 83.1 cm³/mol. The number of nitrogen functional groups attached to an aromatic ring is 1. The molecular weight excluding hydrogens is 269 g/mol. The maximum Gasteiger partial charge on any atom is 0.167 e. The normalized spacial score (nSPS) is 25.9. The van der Waals surface area contributed by atoms with Crippen molar-refractivity contribution in [3.63, 3.8) is 0 Å². The van der Waals surface area contributed by atoms with Crippen LogP contribution < -0.4 is 15.2 Å². The number of nitrogens with two attached hydrogens (primary N) is 1. The molecule has 0 bridgehead atoms. The number of anilines is 1. The molecule has 0 spiro atoms. The van der Waals surface area contributed by atoms with Gasteiger partial charge in [-0.3, -0.25) is 0 Å². The molecule has 1 aliphatic rings. The van der Waals surface area contributed by atoms with E-state index in [0.29, 0.717) is 29.2 Å². The summed E-state index contributed by atoms with van der Waals surface area (Å²) in [4.78, 5) is 0. The summed E-state index contributed by atoms with van der Waals surface area (Å²) in [5, 5.41) is 0. The summed E-state index contributed by atoms with van der Waals surface area (Å²) in [7, 11) is 1.44. The van der Waals surface area contributed by atoms with Crippen LogP contribution in [0.2, 0.25) is 0 Å². The SMILES string of the molecule is COc1cc(OC2CC(C)CCC2C(C)C)c(N)cc1F. The summed E-state index contributed by atoms with van der Waals surface area (Å²) in [5.74, 6) is 1.96. The van der Waals surface area contributed by atoms with Crippen molar-refractivity contribution in [2.75, 3.05) is 12.8 Å². The van der Waals surface area contributed by atoms with Crippen LogP contribution in [0.4, 0.5) is 10.1 Å². The van der Waals surface area contributed by atoms with Crippen LogP contribution in [-0.2, 0) is 0 Å². The van der Waals surface area contributed by atoms with Crippen molar-refractivity contribution in [3.05, 3.63) is 17.9 Å². The largest absolute Gasteiger partial charge is 0.494 e. The maximum absolute atomic E-state index is 13.6. The zero-order valence-electron chi connectivity index (χ0n) is 13.4. The molecular formula is C17H26FNO2. The molecule has 3 unspecified atom stereocenters. The zero-order valence-corrected chi connectivity index (χ0v) is 13.4. The number of benzene rings is 1. The minimum Gasteiger partial charge on any atom is -0.494 e. The van der Waals surface area contributed by atoms with Gasteiger partial charge in [0.2, 0.25) is 0 Å². The number of hydrogen-bond donors (Lipinski definition) is 1. The second kappa shape index (κ2) is 6.54. The number of hydrogen-bond acceptors (Lipinski definition) is 3. The Morgan fingerprint density at radius 3 is 2.57 bits per heavy atom. The van der Waals surface area contributed by atoms with Gasteiger partial charge in [-0.15, -0.1) is 0 Å². The van der Waals surface area contributed by atoms with E-state index in [1.54, 1.807) is 6.07 Å². The van der Waals surface area contributed by atoms with Gasteiger partial charge >= 0.3 is 0 Å². The van der Waals surface area contributed by atoms with Crippen molar-refractivity contribution in [1.29, 1.82) is 0 Å². The summed E-state index contributed by atoms with van der Waals surface area (Å²) >= 11 is 0. The van der Waals surface area contributed by atoms with Crippen LogP contribution in [0.5, 0.6) is 11.5 Å². The molecule has 4 heteroatoms. The van der Waals surface area contributed by atoms with Crippen LogP contribution in [-0.4, -0.2) is 13.2 Å². The molecule has 0 amide bonds. The Hall–Kier alpha value is -1.45. The predicted octanol–water partition coefficient (Wildman–Crippen LogP) is 4.26. The number of methoxy groups -OCH3 is 1. The molecule has 1 saturated carbocycles. The second-order valence-electron chi connectivity index (χ2n) is 6.51. The summed E-state index contributed by atoms with van der Waals surface area (Å²) in [5.41, 5.74) is 6.23. The fourth-order valence-corrected chi connectivity index (χ4v) is 3.22. The number of halogens is 1. The number of ether oxygens (including phenoxy) is 2. The molecule has 21 heavy (non-hydrogen) atoms. The fourth-order valence-electron chi connectivity index (χ4n) is 3.22. The van der Waals surface area contributed by atoms with Crippen molar-refractivity contribution in [2.24, 2.45) is 17.8 Å². The van der Waals surface area contributed by atoms with Crippen molar-refractivity contribution in [1.82, 2.24) is 0 Å². The Labute approximate surface area is 126 Å². The van der Waals surface area contributed by atoms with E-state index in [1.807, 2.05) is 0 Å². The first-order valence-electron chi connectivity index (χ1n) is 7.72. The minimum atomic E-state index is -0.459. The van der Waals surface area contributed by atoms with E-state index in [-0.39, 0.29) is 11.9 Å².